The van der Waals surface area contributed by atoms with Crippen LogP contribution in [0.3, 0.4) is 0 Å². The molecule has 0 saturated carbocycles. The van der Waals surface area contributed by atoms with Crippen LogP contribution < -0.4 is 4.74 Å². The standard InChI is InChI=1S/C16H13FO5S/c1-9(18)14-5-6-15(23-14)16(20)22-8-12(19)10-3-4-13(21-2)11(17)7-10/h3-7H,8H2,1-2H3. The number of ketones is 2. The van der Waals surface area contributed by atoms with Crippen molar-refractivity contribution in [2.75, 3.05) is 13.7 Å². The number of hydrogen-bond donors (Lipinski definition) is 0. The maximum Gasteiger partial charge on any atom is 0.348 e. The summed E-state index contributed by atoms with van der Waals surface area (Å²) in [7, 11) is 1.32. The van der Waals surface area contributed by atoms with E-state index >= 15 is 0 Å². The van der Waals surface area contributed by atoms with Crippen LogP contribution in [0, 0.1) is 5.82 Å². The quantitative estimate of drug-likeness (QED) is 0.599. The average Bonchev–Trinajstić information content (AvgIpc) is 3.02. The summed E-state index contributed by atoms with van der Waals surface area (Å²) in [6, 6.07) is 6.71. The Morgan fingerprint density at radius 1 is 1.13 bits per heavy atom. The summed E-state index contributed by atoms with van der Waals surface area (Å²) < 4.78 is 23.2. The fourth-order valence-corrected chi connectivity index (χ4v) is 2.56. The van der Waals surface area contributed by atoms with Gasteiger partial charge in [0.05, 0.1) is 12.0 Å². The molecule has 23 heavy (non-hydrogen) atoms. The van der Waals surface area contributed by atoms with Crippen LogP contribution in [0.5, 0.6) is 5.75 Å². The molecule has 1 aromatic carbocycles. The van der Waals surface area contributed by atoms with Gasteiger partial charge in [0.2, 0.25) is 0 Å². The van der Waals surface area contributed by atoms with Crippen LogP contribution >= 0.6 is 11.3 Å². The highest BCUT2D eigenvalue weighted by Crippen LogP contribution is 2.19. The number of carbonyl (C=O) groups excluding carboxylic acids is 3. The minimum absolute atomic E-state index is 0.0221. The van der Waals surface area contributed by atoms with Crippen molar-refractivity contribution in [3.63, 3.8) is 0 Å². The molecule has 0 radical (unpaired) electrons. The summed E-state index contributed by atoms with van der Waals surface area (Å²) in [4.78, 5) is 35.6. The van der Waals surface area contributed by atoms with Gasteiger partial charge in [-0.25, -0.2) is 9.18 Å². The molecule has 1 heterocycles. The Morgan fingerprint density at radius 2 is 1.83 bits per heavy atom. The third kappa shape index (κ3) is 4.01. The zero-order valence-corrected chi connectivity index (χ0v) is 13.2. The minimum Gasteiger partial charge on any atom is -0.494 e. The molecule has 2 aromatic rings. The predicted molar refractivity (Wildman–Crippen MR) is 81.9 cm³/mol. The molecule has 0 bridgehead atoms. The fourth-order valence-electron chi connectivity index (χ4n) is 1.76. The van der Waals surface area contributed by atoms with Crippen LogP contribution in [0.2, 0.25) is 0 Å². The Kier molecular flexibility index (Phi) is 5.23. The van der Waals surface area contributed by atoms with E-state index in [-0.39, 0.29) is 22.0 Å². The summed E-state index contributed by atoms with van der Waals surface area (Å²) in [6.45, 7) is 0.876. The van der Waals surface area contributed by atoms with E-state index in [9.17, 15) is 18.8 Å². The topological polar surface area (TPSA) is 69.7 Å². The maximum atomic E-state index is 13.5. The van der Waals surface area contributed by atoms with Gasteiger partial charge in [0.1, 0.15) is 4.88 Å². The number of methoxy groups -OCH3 is 1. The molecule has 0 atom stereocenters. The summed E-state index contributed by atoms with van der Waals surface area (Å²) in [6.07, 6.45) is 0. The molecule has 0 saturated heterocycles. The van der Waals surface area contributed by atoms with Crippen molar-refractivity contribution in [1.29, 1.82) is 0 Å². The lowest BCUT2D eigenvalue weighted by Gasteiger charge is -2.05. The number of thiophene rings is 1. The zero-order chi connectivity index (χ0) is 17.0. The molecule has 0 aliphatic rings. The number of rotatable bonds is 6. The van der Waals surface area contributed by atoms with Gasteiger partial charge in [-0.3, -0.25) is 9.59 Å². The van der Waals surface area contributed by atoms with Crippen molar-refractivity contribution >= 4 is 28.9 Å². The van der Waals surface area contributed by atoms with Gasteiger partial charge in [-0.2, -0.15) is 0 Å². The van der Waals surface area contributed by atoms with Crippen molar-refractivity contribution in [2.45, 2.75) is 6.92 Å². The molecular weight excluding hydrogens is 323 g/mol. The lowest BCUT2D eigenvalue weighted by molar-refractivity contribution is 0.0479. The second kappa shape index (κ2) is 7.15. The van der Waals surface area contributed by atoms with Crippen molar-refractivity contribution in [3.8, 4) is 5.75 Å². The Hall–Kier alpha value is -2.54. The Labute approximate surface area is 135 Å². The predicted octanol–water partition coefficient (Wildman–Crippen LogP) is 3.14. The smallest absolute Gasteiger partial charge is 0.348 e. The molecule has 0 spiro atoms. The van der Waals surface area contributed by atoms with Gasteiger partial charge in [0.25, 0.3) is 0 Å². The first-order chi connectivity index (χ1) is 10.9. The zero-order valence-electron chi connectivity index (χ0n) is 12.4. The molecule has 0 fully saturated rings. The third-order valence-electron chi connectivity index (χ3n) is 2.96. The first-order valence-corrected chi connectivity index (χ1v) is 7.38. The Bertz CT molecular complexity index is 766. The first kappa shape index (κ1) is 16.8. The lowest BCUT2D eigenvalue weighted by Crippen LogP contribution is -2.13. The van der Waals surface area contributed by atoms with Gasteiger partial charge in [0.15, 0.2) is 29.7 Å². The van der Waals surface area contributed by atoms with Gasteiger partial charge in [0, 0.05) is 5.56 Å². The molecule has 0 N–H and O–H groups in total. The lowest BCUT2D eigenvalue weighted by atomic mass is 10.1. The van der Waals surface area contributed by atoms with Crippen molar-refractivity contribution in [3.05, 3.63) is 51.5 Å². The van der Waals surface area contributed by atoms with E-state index in [1.807, 2.05) is 0 Å². The molecular formula is C16H13FO5S. The molecule has 0 amide bonds. The SMILES string of the molecule is COc1ccc(C(=O)COC(=O)c2ccc(C(C)=O)s2)cc1F. The van der Waals surface area contributed by atoms with Crippen molar-refractivity contribution < 1.29 is 28.2 Å². The number of hydrogen-bond acceptors (Lipinski definition) is 6. The molecule has 0 aliphatic heterocycles. The first-order valence-electron chi connectivity index (χ1n) is 6.57. The summed E-state index contributed by atoms with van der Waals surface area (Å²) in [5.41, 5.74) is 0.0757. The molecule has 0 unspecified atom stereocenters. The van der Waals surface area contributed by atoms with Crippen LogP contribution in [0.15, 0.2) is 30.3 Å². The Morgan fingerprint density at radius 3 is 2.39 bits per heavy atom. The summed E-state index contributed by atoms with van der Waals surface area (Å²) in [5, 5.41) is 0. The molecule has 1 aromatic heterocycles. The second-order valence-electron chi connectivity index (χ2n) is 4.57. The maximum absolute atomic E-state index is 13.5. The summed E-state index contributed by atoms with van der Waals surface area (Å²) in [5.74, 6) is -2.05. The van der Waals surface area contributed by atoms with E-state index < -0.39 is 24.2 Å². The van der Waals surface area contributed by atoms with E-state index in [4.69, 9.17) is 9.47 Å². The van der Waals surface area contributed by atoms with Crippen LogP contribution in [-0.4, -0.2) is 31.3 Å². The highest BCUT2D eigenvalue weighted by molar-refractivity contribution is 7.15. The number of Topliss-reactive ketones (excluding diaryl/α,β-unsaturated/α-hetero) is 2. The number of carbonyl (C=O) groups is 3. The number of esters is 1. The second-order valence-corrected chi connectivity index (χ2v) is 5.65. The van der Waals surface area contributed by atoms with Crippen LogP contribution in [0.1, 0.15) is 36.6 Å². The van der Waals surface area contributed by atoms with Crippen LogP contribution in [-0.2, 0) is 4.74 Å². The van der Waals surface area contributed by atoms with Crippen molar-refractivity contribution in [1.82, 2.24) is 0 Å². The van der Waals surface area contributed by atoms with E-state index in [1.54, 1.807) is 0 Å². The van der Waals surface area contributed by atoms with Gasteiger partial charge in [-0.15, -0.1) is 11.3 Å². The van der Waals surface area contributed by atoms with Gasteiger partial charge in [-0.1, -0.05) is 0 Å². The van der Waals surface area contributed by atoms with Crippen LogP contribution in [0.25, 0.3) is 0 Å². The average molecular weight is 336 g/mol. The van der Waals surface area contributed by atoms with E-state index in [2.05, 4.69) is 0 Å². The third-order valence-corrected chi connectivity index (χ3v) is 4.13. The van der Waals surface area contributed by atoms with Gasteiger partial charge < -0.3 is 9.47 Å². The number of benzene rings is 1. The minimum atomic E-state index is -0.704. The van der Waals surface area contributed by atoms with E-state index in [1.165, 1.54) is 38.3 Å². The fraction of sp³-hybridized carbons (Fsp3) is 0.188. The molecule has 5 nitrogen and oxygen atoms in total. The molecule has 0 aliphatic carbocycles. The largest absolute Gasteiger partial charge is 0.494 e. The number of halogens is 1. The van der Waals surface area contributed by atoms with Gasteiger partial charge >= 0.3 is 5.97 Å². The molecule has 120 valence electrons. The van der Waals surface area contributed by atoms with Crippen LogP contribution in [0.4, 0.5) is 4.39 Å². The highest BCUT2D eigenvalue weighted by atomic mass is 32.1. The monoisotopic (exact) mass is 336 g/mol. The van der Waals surface area contributed by atoms with Gasteiger partial charge in [-0.05, 0) is 37.3 Å². The molecule has 2 rings (SSSR count). The Balaban J connectivity index is 1.99. The number of ether oxygens (including phenoxy) is 2. The summed E-state index contributed by atoms with van der Waals surface area (Å²) >= 11 is 0.992. The van der Waals surface area contributed by atoms with E-state index in [0.29, 0.717) is 4.88 Å². The van der Waals surface area contributed by atoms with E-state index in [0.717, 1.165) is 17.4 Å². The highest BCUT2D eigenvalue weighted by Gasteiger charge is 2.16. The van der Waals surface area contributed by atoms with Crippen molar-refractivity contribution in [2.24, 2.45) is 0 Å². The normalized spacial score (nSPS) is 10.2. The molecule has 7 heteroatoms.